The first kappa shape index (κ1) is 27.8. The molecule has 11 heteroatoms. The molecule has 0 bridgehead atoms. The van der Waals surface area contributed by atoms with Crippen LogP contribution in [0.5, 0.6) is 0 Å². The van der Waals surface area contributed by atoms with Gasteiger partial charge in [0.1, 0.15) is 5.92 Å². The molecule has 0 aromatic heterocycles. The van der Waals surface area contributed by atoms with Gasteiger partial charge in [0.15, 0.2) is 0 Å². The van der Waals surface area contributed by atoms with Gasteiger partial charge in [-0.1, -0.05) is 36.4 Å². The number of fused-ring (bicyclic) bond motifs is 1. The molecule has 10 nitrogen and oxygen atoms in total. The number of amides is 1. The van der Waals surface area contributed by atoms with E-state index in [0.717, 1.165) is 11.8 Å². The van der Waals surface area contributed by atoms with Gasteiger partial charge in [-0.05, 0) is 55.6 Å². The zero-order chi connectivity index (χ0) is 28.3. The Labute approximate surface area is 228 Å². The van der Waals surface area contributed by atoms with Crippen molar-refractivity contribution in [3.63, 3.8) is 0 Å². The van der Waals surface area contributed by atoms with Crippen LogP contribution in [0.3, 0.4) is 0 Å². The number of hydrogen-bond donors (Lipinski definition) is 2. The van der Waals surface area contributed by atoms with Crippen LogP contribution in [-0.4, -0.2) is 71.5 Å². The van der Waals surface area contributed by atoms with Gasteiger partial charge >= 0.3 is 5.97 Å². The van der Waals surface area contributed by atoms with Crippen LogP contribution < -0.4 is 15.4 Å². The number of nitrogens with one attached hydrogen (secondary N) is 1. The molecule has 0 radical (unpaired) electrons. The quantitative estimate of drug-likeness (QED) is 0.238. The Morgan fingerprint density at radius 3 is 2.36 bits per heavy atom. The van der Waals surface area contributed by atoms with Crippen LogP contribution in [0, 0.1) is 0 Å². The molecule has 0 aliphatic carbocycles. The smallest absolute Gasteiger partial charge is 0.337 e. The van der Waals surface area contributed by atoms with E-state index in [1.165, 1.54) is 11.4 Å². The van der Waals surface area contributed by atoms with Gasteiger partial charge in [-0.2, -0.15) is 0 Å². The summed E-state index contributed by atoms with van der Waals surface area (Å²) in [4.78, 5) is 32.0. The molecule has 1 unspecified atom stereocenters. The van der Waals surface area contributed by atoms with E-state index >= 15 is 0 Å². The van der Waals surface area contributed by atoms with Crippen molar-refractivity contribution in [3.05, 3.63) is 83.4 Å². The van der Waals surface area contributed by atoms with Crippen molar-refractivity contribution >= 4 is 50.4 Å². The highest BCUT2D eigenvalue weighted by Gasteiger charge is 2.36. The third-order valence-corrected chi connectivity index (χ3v) is 7.51. The molecule has 1 aliphatic rings. The van der Waals surface area contributed by atoms with Crippen LogP contribution in [0.4, 0.5) is 22.7 Å². The maximum atomic E-state index is 13.2. The maximum Gasteiger partial charge on any atom is 0.337 e. The topological polar surface area (TPSA) is 134 Å². The van der Waals surface area contributed by atoms with Crippen LogP contribution in [0.2, 0.25) is 0 Å². The largest absolute Gasteiger partial charge is 0.465 e. The molecule has 0 saturated carbocycles. The van der Waals surface area contributed by atoms with Crippen molar-refractivity contribution in [1.29, 1.82) is 0 Å². The van der Waals surface area contributed by atoms with Crippen LogP contribution >= 0.6 is 0 Å². The Morgan fingerprint density at radius 1 is 1.03 bits per heavy atom. The number of likely N-dealkylation sites (N-methyl/N-ethyl adjacent to an activating group) is 1. The first-order valence-electron chi connectivity index (χ1n) is 12.2. The average Bonchev–Trinajstić information content (AvgIpc) is 3.22. The van der Waals surface area contributed by atoms with E-state index in [1.54, 1.807) is 36.4 Å². The first-order valence-corrected chi connectivity index (χ1v) is 14.0. The molecule has 4 rings (SSSR count). The number of sulfonamides is 1. The van der Waals surface area contributed by atoms with Crippen molar-refractivity contribution < 1.29 is 22.7 Å². The van der Waals surface area contributed by atoms with Crippen molar-refractivity contribution in [2.75, 3.05) is 55.9 Å². The summed E-state index contributed by atoms with van der Waals surface area (Å²) in [6.07, 6.45) is 1.14. The lowest BCUT2D eigenvalue weighted by Crippen LogP contribution is -2.36. The summed E-state index contributed by atoms with van der Waals surface area (Å²) in [6.45, 7) is 0.749. The minimum atomic E-state index is -3.58. The first-order chi connectivity index (χ1) is 18.5. The van der Waals surface area contributed by atoms with Gasteiger partial charge in [0, 0.05) is 18.8 Å². The molecule has 1 amide bonds. The Bertz CT molecular complexity index is 1540. The van der Waals surface area contributed by atoms with Gasteiger partial charge in [-0.15, -0.1) is 0 Å². The predicted octanol–water partition coefficient (Wildman–Crippen LogP) is 3.24. The van der Waals surface area contributed by atoms with Gasteiger partial charge in [0.25, 0.3) is 0 Å². The van der Waals surface area contributed by atoms with Crippen LogP contribution in [0.25, 0.3) is 0 Å². The molecule has 0 saturated heterocycles. The molecule has 1 heterocycles. The summed E-state index contributed by atoms with van der Waals surface area (Å²) in [7, 11) is 1.44. The van der Waals surface area contributed by atoms with Gasteiger partial charge in [-0.25, -0.2) is 13.2 Å². The molecule has 39 heavy (non-hydrogen) atoms. The van der Waals surface area contributed by atoms with E-state index in [-0.39, 0.29) is 18.1 Å². The van der Waals surface area contributed by atoms with E-state index in [9.17, 15) is 18.0 Å². The van der Waals surface area contributed by atoms with Crippen LogP contribution in [0.15, 0.2) is 71.7 Å². The van der Waals surface area contributed by atoms with E-state index in [1.807, 2.05) is 49.3 Å². The Balaban J connectivity index is 1.78. The predicted molar refractivity (Wildman–Crippen MR) is 153 cm³/mol. The number of benzene rings is 3. The maximum absolute atomic E-state index is 13.2. The normalized spacial score (nSPS) is 15.2. The summed E-state index contributed by atoms with van der Waals surface area (Å²) in [5.74, 6) is -1.54. The van der Waals surface area contributed by atoms with Crippen LogP contribution in [0.1, 0.15) is 27.4 Å². The molecular formula is C28H31N5O5S. The number of anilines is 3. The van der Waals surface area contributed by atoms with Crippen molar-refractivity contribution in [2.24, 2.45) is 4.99 Å². The lowest BCUT2D eigenvalue weighted by molar-refractivity contribution is -0.115. The van der Waals surface area contributed by atoms with Gasteiger partial charge < -0.3 is 20.7 Å². The van der Waals surface area contributed by atoms with Gasteiger partial charge in [0.2, 0.25) is 15.9 Å². The number of hydrogen-bond acceptors (Lipinski definition) is 8. The number of carbonyl (C=O) groups excluding carboxylic acids is 2. The lowest BCUT2D eigenvalue weighted by atomic mass is 9.90. The summed E-state index contributed by atoms with van der Waals surface area (Å²) in [5, 5.41) is 2.85. The number of carbonyl (C=O) groups is 2. The molecule has 1 aliphatic heterocycles. The number of nitrogens with two attached hydrogens (primary N) is 1. The molecule has 204 valence electrons. The zero-order valence-electron chi connectivity index (χ0n) is 22.2. The number of methoxy groups -OCH3 is 1. The van der Waals surface area contributed by atoms with Crippen molar-refractivity contribution in [3.8, 4) is 0 Å². The third kappa shape index (κ3) is 6.10. The average molecular weight is 550 g/mol. The summed E-state index contributed by atoms with van der Waals surface area (Å²) < 4.78 is 31.1. The fourth-order valence-electron chi connectivity index (χ4n) is 4.42. The summed E-state index contributed by atoms with van der Waals surface area (Å²) >= 11 is 0. The van der Waals surface area contributed by atoms with Gasteiger partial charge in [0.05, 0.1) is 41.7 Å². The Kier molecular flexibility index (Phi) is 8.03. The fourth-order valence-corrected chi connectivity index (χ4v) is 5.35. The molecule has 0 spiro atoms. The lowest BCUT2D eigenvalue weighted by Gasteiger charge is -2.25. The summed E-state index contributed by atoms with van der Waals surface area (Å²) in [5.41, 5.74) is 10.1. The van der Waals surface area contributed by atoms with Gasteiger partial charge in [-0.3, -0.25) is 14.1 Å². The summed E-state index contributed by atoms with van der Waals surface area (Å²) in [6, 6.07) is 19.1. The number of esters is 1. The monoisotopic (exact) mass is 549 g/mol. The highest BCUT2D eigenvalue weighted by Crippen LogP contribution is 2.38. The third-order valence-electron chi connectivity index (χ3n) is 6.33. The van der Waals surface area contributed by atoms with Crippen molar-refractivity contribution in [2.45, 2.75) is 5.92 Å². The number of ether oxygens (including phenoxy) is 1. The Morgan fingerprint density at radius 2 is 1.74 bits per heavy atom. The SMILES string of the molecule is COC(=O)c1ccc2c(c1)NC(=O)C2C(=Nc1ccc(N(CCN(C)C)S(C)(=O)=O)c(N)c1)c1ccccc1. The highest BCUT2D eigenvalue weighted by molar-refractivity contribution is 7.92. The molecule has 1 atom stereocenters. The van der Waals surface area contributed by atoms with E-state index in [4.69, 9.17) is 15.5 Å². The zero-order valence-corrected chi connectivity index (χ0v) is 23.0. The molecular weight excluding hydrogens is 518 g/mol. The second-order valence-corrected chi connectivity index (χ2v) is 11.4. The standard InChI is InChI=1S/C28H31N5O5S/c1-32(2)14-15-33(39(4,36)37)24-13-11-20(17-22(24)29)30-26(18-8-6-5-7-9-18)25-21-12-10-19(28(35)38-3)16-23(21)31-27(25)34/h5-13,16-17,25H,14-15,29H2,1-4H3,(H,31,34). The number of nitrogen functional groups attached to an aromatic ring is 1. The van der Waals surface area contributed by atoms with Crippen LogP contribution in [-0.2, 0) is 19.6 Å². The van der Waals surface area contributed by atoms with E-state index < -0.39 is 21.9 Å². The van der Waals surface area contributed by atoms with Crippen molar-refractivity contribution in [1.82, 2.24) is 4.90 Å². The highest BCUT2D eigenvalue weighted by atomic mass is 32.2. The number of rotatable bonds is 9. The molecule has 3 aromatic rings. The minimum Gasteiger partial charge on any atom is -0.465 e. The number of nitrogens with zero attached hydrogens (tertiary/aromatic N) is 3. The molecule has 3 N–H and O–H groups in total. The fraction of sp³-hybridized carbons (Fsp3) is 0.250. The van der Waals surface area contributed by atoms with E-state index in [0.29, 0.717) is 40.4 Å². The second-order valence-electron chi connectivity index (χ2n) is 9.46. The second kappa shape index (κ2) is 11.3. The number of aliphatic imine (C=N–C) groups is 1. The molecule has 0 fully saturated rings. The minimum absolute atomic E-state index is 0.237. The molecule has 3 aromatic carbocycles. The Hall–Kier alpha value is -4.22. The van der Waals surface area contributed by atoms with E-state index in [2.05, 4.69) is 5.32 Å².